The lowest BCUT2D eigenvalue weighted by Crippen LogP contribution is -2.23. The highest BCUT2D eigenvalue weighted by molar-refractivity contribution is 8.74. The van der Waals surface area contributed by atoms with Gasteiger partial charge in [-0.15, -0.1) is 11.7 Å². The number of carbonyl (C=O) groups excluding carboxylic acids is 2. The van der Waals surface area contributed by atoms with Gasteiger partial charge in [0.15, 0.2) is 0 Å². The van der Waals surface area contributed by atoms with E-state index >= 15 is 0 Å². The molecule has 1 N–H and O–H groups in total. The number of hydrogen-bond donors (Lipinski definition) is 2. The maximum absolute atomic E-state index is 10.5. The van der Waals surface area contributed by atoms with E-state index in [1.807, 2.05) is 0 Å². The number of ether oxygens (including phenoxy) is 1. The summed E-state index contributed by atoms with van der Waals surface area (Å²) in [4.78, 5) is 20.7. The molecule has 0 aromatic heterocycles. The van der Waals surface area contributed by atoms with Crippen molar-refractivity contribution in [2.24, 2.45) is 0 Å². The summed E-state index contributed by atoms with van der Waals surface area (Å²) in [6.45, 7) is 1.84. The highest BCUT2D eigenvalue weighted by Crippen LogP contribution is 2.03. The lowest BCUT2D eigenvalue weighted by molar-refractivity contribution is -0.140. The van der Waals surface area contributed by atoms with Crippen molar-refractivity contribution in [2.75, 3.05) is 13.2 Å². The minimum Gasteiger partial charge on any atom is -0.464 e. The molecule has 6 heteroatoms. The molecular formula is C5H9NO3S2. The Labute approximate surface area is 73.9 Å². The van der Waals surface area contributed by atoms with Crippen molar-refractivity contribution in [1.29, 1.82) is 0 Å². The molecular weight excluding hydrogens is 186 g/mol. The standard InChI is InChI=1S/C5H9NO3S2/c1-4(7)9-3-2-6-5(8)11-10/h10H,2-3H2,1H3,(H,6,8). The van der Waals surface area contributed by atoms with Gasteiger partial charge in [-0.2, -0.15) is 0 Å². The summed E-state index contributed by atoms with van der Waals surface area (Å²) in [5.74, 6) is -0.349. The summed E-state index contributed by atoms with van der Waals surface area (Å²) in [7, 11) is 0.788. The maximum Gasteiger partial charge on any atom is 0.302 e. The van der Waals surface area contributed by atoms with Crippen LogP contribution < -0.4 is 5.32 Å². The zero-order valence-corrected chi connectivity index (χ0v) is 7.71. The Kier molecular flexibility index (Phi) is 6.15. The van der Waals surface area contributed by atoms with Crippen LogP contribution in [0, 0.1) is 0 Å². The second kappa shape index (κ2) is 6.36. The summed E-state index contributed by atoms with van der Waals surface area (Å²) in [5.41, 5.74) is 0. The smallest absolute Gasteiger partial charge is 0.302 e. The van der Waals surface area contributed by atoms with Crippen molar-refractivity contribution < 1.29 is 14.3 Å². The minimum absolute atomic E-state index is 0.204. The van der Waals surface area contributed by atoms with Crippen LogP contribution in [0.3, 0.4) is 0 Å². The molecule has 0 unspecified atom stereocenters. The number of nitrogens with one attached hydrogen (secondary N) is 1. The molecule has 0 saturated heterocycles. The molecule has 4 nitrogen and oxygen atoms in total. The summed E-state index contributed by atoms with van der Waals surface area (Å²) in [6.07, 6.45) is 0. The molecule has 0 saturated carbocycles. The molecule has 1 amide bonds. The third-order valence-electron chi connectivity index (χ3n) is 0.760. The SMILES string of the molecule is CC(=O)OCCNC(=O)SS. The lowest BCUT2D eigenvalue weighted by Gasteiger charge is -2.01. The number of amides is 1. The van der Waals surface area contributed by atoms with E-state index in [9.17, 15) is 9.59 Å². The van der Waals surface area contributed by atoms with Gasteiger partial charge >= 0.3 is 5.97 Å². The van der Waals surface area contributed by atoms with Crippen molar-refractivity contribution in [1.82, 2.24) is 5.32 Å². The molecule has 0 fully saturated rings. The average Bonchev–Trinajstić information content (AvgIpc) is 1.97. The zero-order chi connectivity index (χ0) is 8.69. The number of rotatable bonds is 3. The maximum atomic E-state index is 10.5. The first-order chi connectivity index (χ1) is 5.16. The Morgan fingerprint density at radius 3 is 2.73 bits per heavy atom. The quantitative estimate of drug-likeness (QED) is 0.303. The number of carbonyl (C=O) groups is 2. The molecule has 0 heterocycles. The second-order valence-electron chi connectivity index (χ2n) is 1.65. The van der Waals surface area contributed by atoms with Crippen LogP contribution in [-0.4, -0.2) is 24.4 Å². The van der Waals surface area contributed by atoms with Crippen molar-refractivity contribution in [3.8, 4) is 0 Å². The number of hydrogen-bond acceptors (Lipinski definition) is 5. The van der Waals surface area contributed by atoms with Crippen LogP contribution in [0.1, 0.15) is 6.92 Å². The Bertz CT molecular complexity index is 151. The Morgan fingerprint density at radius 1 is 1.64 bits per heavy atom. The van der Waals surface area contributed by atoms with Crippen LogP contribution >= 0.6 is 22.5 Å². The van der Waals surface area contributed by atoms with Gasteiger partial charge in [0, 0.05) is 17.7 Å². The van der Waals surface area contributed by atoms with Crippen molar-refractivity contribution in [3.63, 3.8) is 0 Å². The largest absolute Gasteiger partial charge is 0.464 e. The number of esters is 1. The van der Waals surface area contributed by atoms with Crippen molar-refractivity contribution >= 4 is 33.7 Å². The normalized spacial score (nSPS) is 8.91. The van der Waals surface area contributed by atoms with Crippen LogP contribution in [0.5, 0.6) is 0 Å². The van der Waals surface area contributed by atoms with Gasteiger partial charge in [0.1, 0.15) is 6.61 Å². The van der Waals surface area contributed by atoms with E-state index in [1.165, 1.54) is 6.92 Å². The van der Waals surface area contributed by atoms with Crippen molar-refractivity contribution in [2.45, 2.75) is 6.92 Å². The Hall–Kier alpha value is -0.360. The fourth-order valence-electron chi connectivity index (χ4n) is 0.380. The van der Waals surface area contributed by atoms with Crippen LogP contribution in [0.4, 0.5) is 4.79 Å². The van der Waals surface area contributed by atoms with E-state index in [2.05, 4.69) is 21.7 Å². The fourth-order valence-corrected chi connectivity index (χ4v) is 0.740. The topological polar surface area (TPSA) is 55.4 Å². The van der Waals surface area contributed by atoms with Gasteiger partial charge in [0.2, 0.25) is 0 Å². The molecule has 0 bridgehead atoms. The first-order valence-corrected chi connectivity index (χ1v) is 4.76. The van der Waals surface area contributed by atoms with Crippen LogP contribution in [0.15, 0.2) is 0 Å². The Balaban J connectivity index is 3.14. The summed E-state index contributed by atoms with van der Waals surface area (Å²) in [5, 5.41) is 2.21. The molecule has 0 aromatic carbocycles. The molecule has 0 spiro atoms. The van der Waals surface area contributed by atoms with E-state index in [0.29, 0.717) is 6.54 Å². The third kappa shape index (κ3) is 7.54. The molecule has 0 atom stereocenters. The van der Waals surface area contributed by atoms with E-state index in [-0.39, 0.29) is 17.8 Å². The monoisotopic (exact) mass is 195 g/mol. The molecule has 0 aromatic rings. The lowest BCUT2D eigenvalue weighted by atomic mass is 10.7. The van der Waals surface area contributed by atoms with Gasteiger partial charge < -0.3 is 10.1 Å². The van der Waals surface area contributed by atoms with E-state index < -0.39 is 0 Å². The zero-order valence-electron chi connectivity index (χ0n) is 5.99. The van der Waals surface area contributed by atoms with Gasteiger partial charge in [-0.3, -0.25) is 9.59 Å². The molecule has 64 valence electrons. The predicted octanol–water partition coefficient (Wildman–Crippen LogP) is 0.837. The van der Waals surface area contributed by atoms with E-state index in [4.69, 9.17) is 0 Å². The first-order valence-electron chi connectivity index (χ1n) is 2.89. The Morgan fingerprint density at radius 2 is 2.27 bits per heavy atom. The molecule has 0 aliphatic rings. The fraction of sp³-hybridized carbons (Fsp3) is 0.600. The van der Waals surface area contributed by atoms with Crippen LogP contribution in [0.2, 0.25) is 0 Å². The van der Waals surface area contributed by atoms with E-state index in [0.717, 1.165) is 10.8 Å². The molecule has 0 radical (unpaired) electrons. The van der Waals surface area contributed by atoms with Gasteiger partial charge in [-0.05, 0) is 0 Å². The molecule has 0 rings (SSSR count). The van der Waals surface area contributed by atoms with E-state index in [1.54, 1.807) is 0 Å². The first kappa shape index (κ1) is 10.6. The third-order valence-corrected chi connectivity index (χ3v) is 1.57. The highest BCUT2D eigenvalue weighted by Gasteiger charge is 1.97. The van der Waals surface area contributed by atoms with Gasteiger partial charge in [0.25, 0.3) is 5.24 Å². The van der Waals surface area contributed by atoms with Gasteiger partial charge in [0.05, 0.1) is 6.54 Å². The molecule has 11 heavy (non-hydrogen) atoms. The highest BCUT2D eigenvalue weighted by atomic mass is 33.1. The average molecular weight is 195 g/mol. The molecule has 0 aliphatic carbocycles. The predicted molar refractivity (Wildman–Crippen MR) is 46.6 cm³/mol. The summed E-state index contributed by atoms with van der Waals surface area (Å²) >= 11 is 3.66. The van der Waals surface area contributed by atoms with Gasteiger partial charge in [-0.1, -0.05) is 0 Å². The second-order valence-corrected chi connectivity index (χ2v) is 2.75. The van der Waals surface area contributed by atoms with Crippen LogP contribution in [0.25, 0.3) is 0 Å². The van der Waals surface area contributed by atoms with Crippen molar-refractivity contribution in [3.05, 3.63) is 0 Å². The minimum atomic E-state index is -0.349. The summed E-state index contributed by atoms with van der Waals surface area (Å²) < 4.78 is 4.55. The molecule has 0 aliphatic heterocycles. The van der Waals surface area contributed by atoms with Crippen LogP contribution in [-0.2, 0) is 9.53 Å². The number of thiol groups is 1. The van der Waals surface area contributed by atoms with Gasteiger partial charge in [-0.25, -0.2) is 0 Å². The summed E-state index contributed by atoms with van der Waals surface area (Å²) in [6, 6.07) is 0.